The summed E-state index contributed by atoms with van der Waals surface area (Å²) in [6.07, 6.45) is 5.90. The molecule has 6 nitrogen and oxygen atoms in total. The second-order valence-electron chi connectivity index (χ2n) is 7.10. The molecule has 0 aliphatic rings. The average molecular weight is 470 g/mol. The van der Waals surface area contributed by atoms with Crippen LogP contribution >= 0.6 is 0 Å². The van der Waals surface area contributed by atoms with Crippen molar-refractivity contribution in [1.29, 1.82) is 0 Å². The molecule has 0 aliphatic heterocycles. The molecule has 0 aromatic heterocycles. The first-order valence-corrected chi connectivity index (χ1v) is 10.3. The molecule has 0 aliphatic carbocycles. The van der Waals surface area contributed by atoms with Crippen molar-refractivity contribution in [3.63, 3.8) is 0 Å². The molecule has 0 saturated carbocycles. The summed E-state index contributed by atoms with van der Waals surface area (Å²) in [5, 5.41) is 16.8. The van der Waals surface area contributed by atoms with Gasteiger partial charge >= 0.3 is 11.9 Å². The normalized spacial score (nSPS) is 9.81. The van der Waals surface area contributed by atoms with Gasteiger partial charge in [-0.25, -0.2) is 12.1 Å². The molecule has 176 valence electrons. The number of carbonyl (C=O) groups is 4. The fraction of sp³-hybridized carbons (Fsp3) is 0.417. The van der Waals surface area contributed by atoms with Crippen LogP contribution in [0.5, 0.6) is 0 Å². The molecule has 0 saturated heterocycles. The van der Waals surface area contributed by atoms with Crippen molar-refractivity contribution in [1.82, 2.24) is 0 Å². The predicted molar refractivity (Wildman–Crippen MR) is 114 cm³/mol. The van der Waals surface area contributed by atoms with Crippen LogP contribution in [0, 0.1) is 0 Å². The monoisotopic (exact) mass is 470 g/mol. The second kappa shape index (κ2) is 17.2. The van der Waals surface area contributed by atoms with E-state index in [2.05, 4.69) is 0 Å². The minimum absolute atomic E-state index is 0. The van der Waals surface area contributed by atoms with Crippen molar-refractivity contribution in [2.45, 2.75) is 64.2 Å². The Labute approximate surface area is 193 Å². The van der Waals surface area contributed by atoms with Gasteiger partial charge < -0.3 is 49.6 Å². The summed E-state index contributed by atoms with van der Waals surface area (Å²) in [6, 6.07) is 14.6. The number of ketones is 2. The van der Waals surface area contributed by atoms with E-state index in [4.69, 9.17) is 10.2 Å². The smallest absolute Gasteiger partial charge is 0.303 e. The van der Waals surface area contributed by atoms with E-state index in [1.54, 1.807) is 24.3 Å². The summed E-state index contributed by atoms with van der Waals surface area (Å²) in [5.41, 5.74) is 1.52. The van der Waals surface area contributed by atoms with Crippen molar-refractivity contribution in [2.75, 3.05) is 0 Å². The Balaban J connectivity index is 0.000000562. The van der Waals surface area contributed by atoms with Gasteiger partial charge in [-0.3, -0.25) is 15.4 Å². The first kappa shape index (κ1) is 28.5. The van der Waals surface area contributed by atoms with Crippen molar-refractivity contribution in [3.8, 4) is 0 Å². The van der Waals surface area contributed by atoms with Crippen LogP contribution in [0.3, 0.4) is 0 Å². The molecule has 7 heteroatoms. The number of Topliss-reactive ketones (excluding diaryl/α,β-unsaturated/α-hetero) is 2. The molecule has 31 heavy (non-hydrogen) atoms. The van der Waals surface area contributed by atoms with E-state index in [1.165, 1.54) is 0 Å². The predicted octanol–water partition coefficient (Wildman–Crippen LogP) is 5.24. The Morgan fingerprint density at radius 3 is 1.52 bits per heavy atom. The quantitative estimate of drug-likeness (QED) is 0.169. The van der Waals surface area contributed by atoms with Gasteiger partial charge in [0, 0.05) is 29.9 Å². The number of carboxylic acid groups (broad SMARTS) is 2. The Kier molecular flexibility index (Phi) is 15.8. The molecule has 0 heterocycles. The zero-order chi connectivity index (χ0) is 22.2. The third-order valence-electron chi connectivity index (χ3n) is 4.56. The van der Waals surface area contributed by atoms with E-state index in [9.17, 15) is 19.2 Å². The van der Waals surface area contributed by atoms with E-state index in [0.29, 0.717) is 25.7 Å². The van der Waals surface area contributed by atoms with Crippen LogP contribution in [0.1, 0.15) is 84.9 Å². The van der Waals surface area contributed by atoms with Crippen LogP contribution in [-0.4, -0.2) is 33.7 Å². The van der Waals surface area contributed by atoms with Crippen LogP contribution in [0.25, 0.3) is 0 Å². The Morgan fingerprint density at radius 1 is 0.645 bits per heavy atom. The molecule has 0 amide bonds. The van der Waals surface area contributed by atoms with E-state index >= 15 is 0 Å². The third-order valence-corrected chi connectivity index (χ3v) is 4.56. The van der Waals surface area contributed by atoms with Gasteiger partial charge in [0.25, 0.3) is 0 Å². The zero-order valence-electron chi connectivity index (χ0n) is 17.6. The minimum atomic E-state index is -0.766. The molecule has 0 bridgehead atoms. The maximum absolute atomic E-state index is 11.5. The maximum atomic E-state index is 11.5. The molecule has 0 unspecified atom stereocenters. The third kappa shape index (κ3) is 14.2. The van der Waals surface area contributed by atoms with Gasteiger partial charge in [-0.2, -0.15) is 12.1 Å². The first-order chi connectivity index (χ1) is 14.4. The summed E-state index contributed by atoms with van der Waals surface area (Å²) >= 11 is 0. The van der Waals surface area contributed by atoms with Crippen LogP contribution in [0.4, 0.5) is 0 Å². The summed E-state index contributed by atoms with van der Waals surface area (Å²) < 4.78 is 0. The number of unbranched alkanes of at least 4 members (excludes halogenated alkanes) is 4. The molecule has 0 fully saturated rings. The van der Waals surface area contributed by atoms with Gasteiger partial charge in [-0.05, 0) is 25.7 Å². The first-order valence-electron chi connectivity index (χ1n) is 10.3. The minimum Gasteiger partial charge on any atom is -0.718 e. The molecule has 0 radical (unpaired) electrons. The fourth-order valence-electron chi connectivity index (χ4n) is 2.89. The molecule has 2 rings (SSSR count). The van der Waals surface area contributed by atoms with Crippen molar-refractivity contribution in [2.24, 2.45) is 0 Å². The molecular weight excluding hydrogens is 440 g/mol. The van der Waals surface area contributed by atoms with Crippen molar-refractivity contribution in [3.05, 3.63) is 59.7 Å². The number of hydrogen-bond acceptors (Lipinski definition) is 4. The average Bonchev–Trinajstić information content (AvgIpc) is 3.41. The molecule has 0 atom stereocenters. The number of rotatable bonds is 14. The van der Waals surface area contributed by atoms with E-state index in [1.807, 2.05) is 24.3 Å². The van der Waals surface area contributed by atoms with Crippen LogP contribution in [0.2, 0.25) is 0 Å². The summed E-state index contributed by atoms with van der Waals surface area (Å²) in [5.74, 6) is -1.24. The number of carboxylic acids is 2. The van der Waals surface area contributed by atoms with Gasteiger partial charge in [0.15, 0.2) is 0 Å². The zero-order valence-corrected chi connectivity index (χ0v) is 18.7. The summed E-state index contributed by atoms with van der Waals surface area (Å²) in [4.78, 5) is 43.4. The fourth-order valence-corrected chi connectivity index (χ4v) is 2.89. The molecular formula is C24H30FeO6-6. The van der Waals surface area contributed by atoms with Gasteiger partial charge in [-0.1, -0.05) is 24.8 Å². The number of hydrogen-bond donors (Lipinski definition) is 2. The Morgan fingerprint density at radius 2 is 1.06 bits per heavy atom. The van der Waals surface area contributed by atoms with Gasteiger partial charge in [0.05, 0.1) is 0 Å². The van der Waals surface area contributed by atoms with Crippen molar-refractivity contribution >= 4 is 23.5 Å². The Hall–Kier alpha value is -2.50. The van der Waals surface area contributed by atoms with Crippen LogP contribution in [0.15, 0.2) is 48.5 Å². The van der Waals surface area contributed by atoms with E-state index < -0.39 is 11.9 Å². The van der Waals surface area contributed by atoms with Gasteiger partial charge in [0.1, 0.15) is 5.78 Å². The molecule has 0 spiro atoms. The number of aliphatic carboxylic acids is 2. The van der Waals surface area contributed by atoms with Crippen molar-refractivity contribution < 1.29 is 46.5 Å². The standard InChI is InChI=1S/2C12H15O3.Fe/c2*13-11(10-6-4-5-7-10)8-2-1-3-9-12(14)15;/h2*4-7H,1-3,8-9H2,(H,14,15);/q-5;-1;. The summed E-state index contributed by atoms with van der Waals surface area (Å²) in [6.45, 7) is 0. The van der Waals surface area contributed by atoms with Crippen LogP contribution in [-0.2, 0) is 26.7 Å². The number of carbonyl (C=O) groups excluding carboxylic acids is 2. The maximum Gasteiger partial charge on any atom is 0.303 e. The summed E-state index contributed by atoms with van der Waals surface area (Å²) in [7, 11) is 0. The Bertz CT molecular complexity index is 696. The van der Waals surface area contributed by atoms with Gasteiger partial charge in [-0.15, -0.1) is 6.42 Å². The second-order valence-corrected chi connectivity index (χ2v) is 7.10. The largest absolute Gasteiger partial charge is 0.718 e. The molecule has 2 N–H and O–H groups in total. The SMILES string of the molecule is O=C(O)CCCCCC(=O)[c-]1[cH-][cH-][cH-][cH-]1.O=C(O)CCCCCC(=O)[c-]1cccc1.[Fe]. The molecule has 2 aromatic rings. The van der Waals surface area contributed by atoms with E-state index in [0.717, 1.165) is 36.8 Å². The van der Waals surface area contributed by atoms with Gasteiger partial charge in [0.2, 0.25) is 0 Å². The topological polar surface area (TPSA) is 109 Å². The molecule has 2 aromatic carbocycles. The van der Waals surface area contributed by atoms with Crippen LogP contribution < -0.4 is 0 Å². The van der Waals surface area contributed by atoms with E-state index in [-0.39, 0.29) is 41.5 Å².